The Bertz CT molecular complexity index is 517. The predicted molar refractivity (Wildman–Crippen MR) is 92.6 cm³/mol. The molecule has 0 aromatic heterocycles. The van der Waals surface area contributed by atoms with Crippen molar-refractivity contribution in [2.75, 3.05) is 38.7 Å². The number of anilines is 1. The van der Waals surface area contributed by atoms with Crippen LogP contribution in [0.2, 0.25) is 0 Å². The van der Waals surface area contributed by atoms with Crippen molar-refractivity contribution in [1.82, 2.24) is 4.90 Å². The summed E-state index contributed by atoms with van der Waals surface area (Å²) in [7, 11) is 3.72. The molecule has 0 atom stereocenters. The SMILES string of the molecule is CCCCN(C)C(=O)CN(C)c1cccc(CC(=O)OCC)c1. The number of ether oxygens (including phenoxy) is 1. The second-order valence-electron chi connectivity index (χ2n) is 5.68. The second-order valence-corrected chi connectivity index (χ2v) is 5.68. The summed E-state index contributed by atoms with van der Waals surface area (Å²) in [5.41, 5.74) is 1.81. The lowest BCUT2D eigenvalue weighted by Crippen LogP contribution is -2.37. The predicted octanol–water partition coefficient (Wildman–Crippen LogP) is 2.49. The molecular weight excluding hydrogens is 292 g/mol. The van der Waals surface area contributed by atoms with E-state index in [0.717, 1.165) is 30.6 Å². The summed E-state index contributed by atoms with van der Waals surface area (Å²) in [6.07, 6.45) is 2.34. The highest BCUT2D eigenvalue weighted by molar-refractivity contribution is 5.81. The third kappa shape index (κ3) is 6.72. The Morgan fingerprint density at radius 3 is 2.57 bits per heavy atom. The molecular formula is C18H28N2O3. The molecule has 23 heavy (non-hydrogen) atoms. The third-order valence-corrected chi connectivity index (χ3v) is 3.65. The van der Waals surface area contributed by atoms with Crippen molar-refractivity contribution in [2.45, 2.75) is 33.1 Å². The molecule has 0 spiro atoms. The summed E-state index contributed by atoms with van der Waals surface area (Å²) in [6.45, 7) is 5.40. The first kappa shape index (κ1) is 19.0. The molecule has 0 heterocycles. The first-order valence-corrected chi connectivity index (χ1v) is 8.17. The zero-order valence-corrected chi connectivity index (χ0v) is 14.7. The number of benzene rings is 1. The van der Waals surface area contributed by atoms with E-state index in [4.69, 9.17) is 4.74 Å². The van der Waals surface area contributed by atoms with Crippen molar-refractivity contribution in [3.8, 4) is 0 Å². The van der Waals surface area contributed by atoms with Crippen LogP contribution in [0.1, 0.15) is 32.3 Å². The van der Waals surface area contributed by atoms with E-state index in [1.54, 1.807) is 11.8 Å². The van der Waals surface area contributed by atoms with Crippen molar-refractivity contribution >= 4 is 17.6 Å². The number of rotatable bonds is 9. The van der Waals surface area contributed by atoms with E-state index in [0.29, 0.717) is 13.2 Å². The third-order valence-electron chi connectivity index (χ3n) is 3.65. The van der Waals surface area contributed by atoms with Gasteiger partial charge in [-0.3, -0.25) is 9.59 Å². The number of hydrogen-bond donors (Lipinski definition) is 0. The summed E-state index contributed by atoms with van der Waals surface area (Å²) < 4.78 is 4.97. The molecule has 0 saturated carbocycles. The van der Waals surface area contributed by atoms with E-state index >= 15 is 0 Å². The van der Waals surface area contributed by atoms with Crippen LogP contribution in [0.3, 0.4) is 0 Å². The van der Waals surface area contributed by atoms with Gasteiger partial charge in [0.2, 0.25) is 5.91 Å². The van der Waals surface area contributed by atoms with E-state index in [1.165, 1.54) is 0 Å². The Morgan fingerprint density at radius 2 is 1.91 bits per heavy atom. The van der Waals surface area contributed by atoms with Crippen LogP contribution < -0.4 is 4.90 Å². The lowest BCUT2D eigenvalue weighted by Gasteiger charge is -2.23. The Labute approximate surface area is 139 Å². The molecule has 0 aliphatic heterocycles. The molecule has 5 nitrogen and oxygen atoms in total. The highest BCUT2D eigenvalue weighted by atomic mass is 16.5. The molecule has 128 valence electrons. The number of unbranched alkanes of at least 4 members (excludes halogenated alkanes) is 1. The number of hydrogen-bond acceptors (Lipinski definition) is 4. The molecule has 0 radical (unpaired) electrons. The van der Waals surface area contributed by atoms with Crippen molar-refractivity contribution in [3.63, 3.8) is 0 Å². The maximum absolute atomic E-state index is 12.2. The van der Waals surface area contributed by atoms with E-state index < -0.39 is 0 Å². The molecule has 0 saturated heterocycles. The highest BCUT2D eigenvalue weighted by Gasteiger charge is 2.12. The second kappa shape index (κ2) is 9.87. The van der Waals surface area contributed by atoms with Crippen LogP contribution in [0.4, 0.5) is 5.69 Å². The van der Waals surface area contributed by atoms with Gasteiger partial charge >= 0.3 is 5.97 Å². The van der Waals surface area contributed by atoms with Gasteiger partial charge in [0.25, 0.3) is 0 Å². The maximum Gasteiger partial charge on any atom is 0.310 e. The Hall–Kier alpha value is -2.04. The average molecular weight is 320 g/mol. The molecule has 0 aliphatic carbocycles. The van der Waals surface area contributed by atoms with Crippen molar-refractivity contribution in [1.29, 1.82) is 0 Å². The standard InChI is InChI=1S/C18H28N2O3/c1-5-7-11-19(3)17(21)14-20(4)16-10-8-9-15(12-16)13-18(22)23-6-2/h8-10,12H,5-7,11,13-14H2,1-4H3. The molecule has 0 aliphatic rings. The van der Waals surface area contributed by atoms with Crippen LogP contribution >= 0.6 is 0 Å². The summed E-state index contributed by atoms with van der Waals surface area (Å²) in [4.78, 5) is 27.4. The Morgan fingerprint density at radius 1 is 1.17 bits per heavy atom. The van der Waals surface area contributed by atoms with E-state index in [9.17, 15) is 9.59 Å². The minimum atomic E-state index is -0.234. The van der Waals surface area contributed by atoms with Gasteiger partial charge in [0.15, 0.2) is 0 Å². The van der Waals surface area contributed by atoms with Crippen LogP contribution in [0.15, 0.2) is 24.3 Å². The van der Waals surface area contributed by atoms with Crippen molar-refractivity contribution < 1.29 is 14.3 Å². The molecule has 0 bridgehead atoms. The fourth-order valence-electron chi connectivity index (χ4n) is 2.22. The maximum atomic E-state index is 12.2. The van der Waals surface area contributed by atoms with Gasteiger partial charge in [-0.25, -0.2) is 0 Å². The van der Waals surface area contributed by atoms with Gasteiger partial charge in [-0.1, -0.05) is 25.5 Å². The minimum absolute atomic E-state index is 0.0942. The number of nitrogens with zero attached hydrogens (tertiary/aromatic N) is 2. The molecule has 0 unspecified atom stereocenters. The van der Waals surface area contributed by atoms with E-state index in [1.807, 2.05) is 43.3 Å². The summed E-state index contributed by atoms with van der Waals surface area (Å²) in [5.74, 6) is -0.139. The molecule has 0 N–H and O–H groups in total. The van der Waals surface area contributed by atoms with Gasteiger partial charge in [0.1, 0.15) is 0 Å². The van der Waals surface area contributed by atoms with Gasteiger partial charge in [-0.05, 0) is 31.0 Å². The zero-order valence-electron chi connectivity index (χ0n) is 14.7. The fourth-order valence-corrected chi connectivity index (χ4v) is 2.22. The topological polar surface area (TPSA) is 49.9 Å². The van der Waals surface area contributed by atoms with Gasteiger partial charge in [-0.15, -0.1) is 0 Å². The van der Waals surface area contributed by atoms with Crippen LogP contribution in [-0.2, 0) is 20.7 Å². The monoisotopic (exact) mass is 320 g/mol. The fraction of sp³-hybridized carbons (Fsp3) is 0.556. The largest absolute Gasteiger partial charge is 0.466 e. The lowest BCUT2D eigenvalue weighted by molar-refractivity contribution is -0.142. The molecule has 1 aromatic carbocycles. The zero-order chi connectivity index (χ0) is 17.2. The van der Waals surface area contributed by atoms with Crippen LogP contribution in [-0.4, -0.2) is 50.6 Å². The first-order chi connectivity index (χ1) is 11.0. The molecule has 1 amide bonds. The van der Waals surface area contributed by atoms with Crippen molar-refractivity contribution in [2.24, 2.45) is 0 Å². The first-order valence-electron chi connectivity index (χ1n) is 8.17. The van der Waals surface area contributed by atoms with E-state index in [-0.39, 0.29) is 18.3 Å². The molecule has 1 rings (SSSR count). The minimum Gasteiger partial charge on any atom is -0.466 e. The molecule has 1 aromatic rings. The number of amides is 1. The average Bonchev–Trinajstić information content (AvgIpc) is 2.52. The van der Waals surface area contributed by atoms with E-state index in [2.05, 4.69) is 6.92 Å². The van der Waals surface area contributed by atoms with Gasteiger partial charge in [0.05, 0.1) is 19.6 Å². The van der Waals surface area contributed by atoms with Gasteiger partial charge in [0, 0.05) is 26.3 Å². The van der Waals surface area contributed by atoms with Crippen LogP contribution in [0, 0.1) is 0 Å². The number of likely N-dealkylation sites (N-methyl/N-ethyl adjacent to an activating group) is 2. The van der Waals surface area contributed by atoms with Crippen molar-refractivity contribution in [3.05, 3.63) is 29.8 Å². The number of carbonyl (C=O) groups excluding carboxylic acids is 2. The number of esters is 1. The summed E-state index contributed by atoms with van der Waals surface area (Å²) in [5, 5.41) is 0. The highest BCUT2D eigenvalue weighted by Crippen LogP contribution is 2.15. The quantitative estimate of drug-likeness (QED) is 0.656. The molecule has 5 heteroatoms. The smallest absolute Gasteiger partial charge is 0.310 e. The molecule has 0 fully saturated rings. The van der Waals surface area contributed by atoms with Crippen LogP contribution in [0.5, 0.6) is 0 Å². The number of carbonyl (C=O) groups is 2. The lowest BCUT2D eigenvalue weighted by atomic mass is 10.1. The summed E-state index contributed by atoms with van der Waals surface area (Å²) >= 11 is 0. The Kier molecular flexibility index (Phi) is 8.16. The summed E-state index contributed by atoms with van der Waals surface area (Å²) in [6, 6.07) is 7.65. The van der Waals surface area contributed by atoms with Crippen LogP contribution in [0.25, 0.3) is 0 Å². The van der Waals surface area contributed by atoms with Gasteiger partial charge < -0.3 is 14.5 Å². The van der Waals surface area contributed by atoms with Gasteiger partial charge in [-0.2, -0.15) is 0 Å². The normalized spacial score (nSPS) is 10.3. The Balaban J connectivity index is 2.63.